The van der Waals surface area contributed by atoms with Crippen LogP contribution in [-0.2, 0) is 6.54 Å². The van der Waals surface area contributed by atoms with Crippen LogP contribution in [0.5, 0.6) is 5.88 Å². The number of aromatic amines is 1. The molecule has 0 aliphatic heterocycles. The zero-order valence-corrected chi connectivity index (χ0v) is 10.3. The first-order chi connectivity index (χ1) is 8.06. The van der Waals surface area contributed by atoms with Crippen molar-refractivity contribution in [2.24, 2.45) is 0 Å². The number of rotatable bonds is 2. The number of nitrogens with one attached hydrogen (secondary N) is 1. The topological polar surface area (TPSA) is 75.1 Å². The molecule has 88 valence electrons. The highest BCUT2D eigenvalue weighted by Gasteiger charge is 2.05. The van der Waals surface area contributed by atoms with Gasteiger partial charge in [-0.2, -0.15) is 0 Å². The smallest absolute Gasteiger partial charge is 0.331 e. The third-order valence-electron chi connectivity index (χ3n) is 2.27. The molecule has 1 heterocycles. The molecule has 0 aliphatic carbocycles. The Morgan fingerprint density at radius 1 is 1.24 bits per heavy atom. The van der Waals surface area contributed by atoms with Gasteiger partial charge in [-0.15, -0.1) is 0 Å². The van der Waals surface area contributed by atoms with Crippen LogP contribution >= 0.6 is 15.9 Å². The van der Waals surface area contributed by atoms with Crippen LogP contribution in [0.15, 0.2) is 44.4 Å². The van der Waals surface area contributed by atoms with Crippen LogP contribution in [0.4, 0.5) is 0 Å². The number of halogens is 1. The second-order valence-electron chi connectivity index (χ2n) is 3.51. The molecule has 0 spiro atoms. The number of aromatic nitrogens is 2. The SMILES string of the molecule is O=c1cc(O)n(Cc2ccc(Br)cc2)c(=O)[nH]1. The van der Waals surface area contributed by atoms with Crippen LogP contribution in [0.2, 0.25) is 0 Å². The fourth-order valence-corrected chi connectivity index (χ4v) is 1.70. The molecule has 17 heavy (non-hydrogen) atoms. The van der Waals surface area contributed by atoms with Gasteiger partial charge in [0.25, 0.3) is 5.56 Å². The Labute approximate surface area is 104 Å². The molecule has 1 aromatic heterocycles. The van der Waals surface area contributed by atoms with Crippen molar-refractivity contribution in [3.8, 4) is 5.88 Å². The standard InChI is InChI=1S/C11H9BrN2O3/c12-8-3-1-7(2-4-8)6-14-10(16)5-9(15)13-11(14)17/h1-5,16H,6H2,(H,13,15,17). The monoisotopic (exact) mass is 296 g/mol. The molecule has 0 saturated heterocycles. The molecule has 0 amide bonds. The highest BCUT2D eigenvalue weighted by Crippen LogP contribution is 2.12. The molecule has 0 fully saturated rings. The summed E-state index contributed by atoms with van der Waals surface area (Å²) in [6, 6.07) is 8.29. The van der Waals surface area contributed by atoms with Gasteiger partial charge < -0.3 is 5.11 Å². The zero-order valence-electron chi connectivity index (χ0n) is 8.68. The van der Waals surface area contributed by atoms with Crippen LogP contribution in [0, 0.1) is 0 Å². The van der Waals surface area contributed by atoms with Crippen LogP contribution in [0.1, 0.15) is 5.56 Å². The number of benzene rings is 1. The molecule has 6 heteroatoms. The number of hydrogen-bond donors (Lipinski definition) is 2. The highest BCUT2D eigenvalue weighted by molar-refractivity contribution is 9.10. The Balaban J connectivity index is 2.40. The molecule has 0 aliphatic rings. The van der Waals surface area contributed by atoms with Gasteiger partial charge in [-0.1, -0.05) is 28.1 Å². The summed E-state index contributed by atoms with van der Waals surface area (Å²) in [4.78, 5) is 24.5. The number of aromatic hydroxyl groups is 1. The van der Waals surface area contributed by atoms with E-state index in [1.165, 1.54) is 0 Å². The van der Waals surface area contributed by atoms with Gasteiger partial charge in [-0.05, 0) is 17.7 Å². The van der Waals surface area contributed by atoms with Gasteiger partial charge in [0.15, 0.2) is 0 Å². The van der Waals surface area contributed by atoms with E-state index in [9.17, 15) is 14.7 Å². The van der Waals surface area contributed by atoms with Crippen molar-refractivity contribution in [2.75, 3.05) is 0 Å². The van der Waals surface area contributed by atoms with E-state index in [0.29, 0.717) is 0 Å². The number of nitrogens with zero attached hydrogens (tertiary/aromatic N) is 1. The van der Waals surface area contributed by atoms with Crippen LogP contribution < -0.4 is 11.2 Å². The lowest BCUT2D eigenvalue weighted by molar-refractivity contribution is 0.409. The third kappa shape index (κ3) is 2.65. The van der Waals surface area contributed by atoms with Crippen molar-refractivity contribution in [2.45, 2.75) is 6.54 Å². The Morgan fingerprint density at radius 2 is 1.88 bits per heavy atom. The molecule has 5 nitrogen and oxygen atoms in total. The van der Waals surface area contributed by atoms with Crippen LogP contribution in [-0.4, -0.2) is 14.7 Å². The quantitative estimate of drug-likeness (QED) is 0.870. The Bertz CT molecular complexity index is 643. The number of H-pyrrole nitrogens is 1. The molecule has 0 unspecified atom stereocenters. The second kappa shape index (κ2) is 4.58. The van der Waals surface area contributed by atoms with Gasteiger partial charge in [0.05, 0.1) is 12.6 Å². The summed E-state index contributed by atoms with van der Waals surface area (Å²) in [5.41, 5.74) is -0.393. The maximum Gasteiger partial charge on any atom is 0.331 e. The van der Waals surface area contributed by atoms with Crippen molar-refractivity contribution < 1.29 is 5.11 Å². The minimum absolute atomic E-state index is 0.203. The van der Waals surface area contributed by atoms with E-state index in [1.54, 1.807) is 0 Å². The van der Waals surface area contributed by atoms with E-state index < -0.39 is 11.2 Å². The average molecular weight is 297 g/mol. The molecular formula is C11H9BrN2O3. The van der Waals surface area contributed by atoms with Crippen molar-refractivity contribution >= 4 is 15.9 Å². The van der Waals surface area contributed by atoms with E-state index in [2.05, 4.69) is 20.9 Å². The van der Waals surface area contributed by atoms with Gasteiger partial charge in [-0.25, -0.2) is 4.79 Å². The normalized spacial score (nSPS) is 10.4. The van der Waals surface area contributed by atoms with Crippen LogP contribution in [0.25, 0.3) is 0 Å². The summed E-state index contributed by atoms with van der Waals surface area (Å²) in [5, 5.41) is 9.52. The van der Waals surface area contributed by atoms with Crippen molar-refractivity contribution in [3.05, 3.63) is 61.2 Å². The van der Waals surface area contributed by atoms with E-state index in [1.807, 2.05) is 24.3 Å². The Kier molecular flexibility index (Phi) is 3.14. The van der Waals surface area contributed by atoms with Gasteiger partial charge >= 0.3 is 5.69 Å². The van der Waals surface area contributed by atoms with Crippen molar-refractivity contribution in [1.29, 1.82) is 0 Å². The first-order valence-electron chi connectivity index (χ1n) is 4.84. The summed E-state index contributed by atoms with van der Waals surface area (Å²) in [5.74, 6) is -0.346. The Hall–Kier alpha value is -1.82. The first kappa shape index (κ1) is 11.7. The van der Waals surface area contributed by atoms with Gasteiger partial charge in [0.2, 0.25) is 5.88 Å². The predicted octanol–water partition coefficient (Wildman–Crippen LogP) is 1.05. The average Bonchev–Trinajstić information content (AvgIpc) is 2.26. The van der Waals surface area contributed by atoms with E-state index >= 15 is 0 Å². The van der Waals surface area contributed by atoms with Crippen LogP contribution in [0.3, 0.4) is 0 Å². The van der Waals surface area contributed by atoms with Crippen molar-refractivity contribution in [1.82, 2.24) is 9.55 Å². The molecule has 0 bridgehead atoms. The summed E-state index contributed by atoms with van der Waals surface area (Å²) >= 11 is 3.30. The fraction of sp³-hybridized carbons (Fsp3) is 0.0909. The molecule has 1 aromatic carbocycles. The molecule has 2 aromatic rings. The summed E-state index contributed by atoms with van der Waals surface area (Å²) < 4.78 is 2.02. The maximum atomic E-state index is 11.5. The molecule has 2 N–H and O–H groups in total. The van der Waals surface area contributed by atoms with E-state index in [0.717, 1.165) is 20.7 Å². The number of hydrogen-bond acceptors (Lipinski definition) is 3. The maximum absolute atomic E-state index is 11.5. The lowest BCUT2D eigenvalue weighted by Gasteiger charge is -2.07. The minimum atomic E-state index is -0.627. The lowest BCUT2D eigenvalue weighted by atomic mass is 10.2. The van der Waals surface area contributed by atoms with Gasteiger partial charge in [-0.3, -0.25) is 14.3 Å². The van der Waals surface area contributed by atoms with E-state index in [-0.39, 0.29) is 12.4 Å². The summed E-state index contributed by atoms with van der Waals surface area (Å²) in [7, 11) is 0. The minimum Gasteiger partial charge on any atom is -0.494 e. The molecule has 0 atom stereocenters. The molecule has 0 saturated carbocycles. The van der Waals surface area contributed by atoms with E-state index in [4.69, 9.17) is 0 Å². The predicted molar refractivity (Wildman–Crippen MR) is 66.2 cm³/mol. The highest BCUT2D eigenvalue weighted by atomic mass is 79.9. The molecule has 2 rings (SSSR count). The third-order valence-corrected chi connectivity index (χ3v) is 2.79. The fourth-order valence-electron chi connectivity index (χ4n) is 1.43. The summed E-state index contributed by atoms with van der Waals surface area (Å²) in [6.45, 7) is 0.203. The Morgan fingerprint density at radius 3 is 2.47 bits per heavy atom. The van der Waals surface area contributed by atoms with Gasteiger partial charge in [0.1, 0.15) is 0 Å². The van der Waals surface area contributed by atoms with Crippen molar-refractivity contribution in [3.63, 3.8) is 0 Å². The summed E-state index contributed by atoms with van der Waals surface area (Å²) in [6.07, 6.45) is 0. The van der Waals surface area contributed by atoms with Gasteiger partial charge in [0, 0.05) is 4.47 Å². The second-order valence-corrected chi connectivity index (χ2v) is 4.43. The lowest BCUT2D eigenvalue weighted by Crippen LogP contribution is -2.29. The zero-order chi connectivity index (χ0) is 12.4. The molecular weight excluding hydrogens is 288 g/mol. The molecule has 0 radical (unpaired) electrons. The first-order valence-corrected chi connectivity index (χ1v) is 5.63. The largest absolute Gasteiger partial charge is 0.494 e.